The highest BCUT2D eigenvalue weighted by molar-refractivity contribution is 6.33. The van der Waals surface area contributed by atoms with E-state index in [2.05, 4.69) is 0 Å². The second-order valence-electron chi connectivity index (χ2n) is 4.20. The van der Waals surface area contributed by atoms with Gasteiger partial charge in [-0.15, -0.1) is 0 Å². The van der Waals surface area contributed by atoms with Crippen LogP contribution in [0.15, 0.2) is 18.2 Å². The number of benzene rings is 1. The summed E-state index contributed by atoms with van der Waals surface area (Å²) in [5.41, 5.74) is 1.05. The van der Waals surface area contributed by atoms with Gasteiger partial charge in [0.15, 0.2) is 0 Å². The normalized spacial score (nSPS) is 25.8. The summed E-state index contributed by atoms with van der Waals surface area (Å²) in [4.78, 5) is 0. The molecule has 1 aromatic rings. The lowest BCUT2D eigenvalue weighted by Crippen LogP contribution is -2.15. The van der Waals surface area contributed by atoms with E-state index in [1.165, 1.54) is 0 Å². The zero-order chi connectivity index (χ0) is 10.8. The first-order valence-corrected chi connectivity index (χ1v) is 6.04. The third-order valence-electron chi connectivity index (χ3n) is 3.11. The molecule has 0 saturated heterocycles. The molecule has 15 heavy (non-hydrogen) atoms. The molecule has 1 fully saturated rings. The molecule has 2 atom stereocenters. The zero-order valence-electron chi connectivity index (χ0n) is 8.42. The van der Waals surface area contributed by atoms with Gasteiger partial charge in [0.05, 0.1) is 6.10 Å². The highest BCUT2D eigenvalue weighted by Crippen LogP contribution is 2.31. The molecule has 0 aliphatic heterocycles. The Kier molecular flexibility index (Phi) is 3.55. The van der Waals surface area contributed by atoms with Crippen LogP contribution in [-0.2, 0) is 6.42 Å². The first-order chi connectivity index (χ1) is 7.16. The van der Waals surface area contributed by atoms with Crippen molar-refractivity contribution >= 4 is 23.2 Å². The van der Waals surface area contributed by atoms with E-state index in [-0.39, 0.29) is 6.10 Å². The molecule has 0 radical (unpaired) electrons. The van der Waals surface area contributed by atoms with Gasteiger partial charge in [0.1, 0.15) is 0 Å². The maximum Gasteiger partial charge on any atom is 0.0571 e. The SMILES string of the molecule is OC1CCCC1Cc1cc(Cl)ccc1Cl. The molecule has 1 saturated carbocycles. The minimum atomic E-state index is -0.167. The number of rotatable bonds is 2. The van der Waals surface area contributed by atoms with E-state index in [1.54, 1.807) is 6.07 Å². The summed E-state index contributed by atoms with van der Waals surface area (Å²) < 4.78 is 0. The highest BCUT2D eigenvalue weighted by atomic mass is 35.5. The summed E-state index contributed by atoms with van der Waals surface area (Å²) in [5.74, 6) is 0.348. The van der Waals surface area contributed by atoms with Crippen molar-refractivity contribution in [3.05, 3.63) is 33.8 Å². The number of halogens is 2. The Morgan fingerprint density at radius 1 is 1.27 bits per heavy atom. The molecule has 3 heteroatoms. The average Bonchev–Trinajstić information content (AvgIpc) is 2.58. The van der Waals surface area contributed by atoms with Gasteiger partial charge in [-0.25, -0.2) is 0 Å². The molecule has 1 nitrogen and oxygen atoms in total. The number of aliphatic hydroxyl groups is 1. The van der Waals surface area contributed by atoms with Gasteiger partial charge >= 0.3 is 0 Å². The van der Waals surface area contributed by atoms with Crippen LogP contribution < -0.4 is 0 Å². The van der Waals surface area contributed by atoms with Crippen LogP contribution >= 0.6 is 23.2 Å². The van der Waals surface area contributed by atoms with Gasteiger partial charge in [-0.1, -0.05) is 29.6 Å². The van der Waals surface area contributed by atoms with Gasteiger partial charge in [-0.2, -0.15) is 0 Å². The molecule has 0 spiro atoms. The largest absolute Gasteiger partial charge is 0.393 e. The van der Waals surface area contributed by atoms with Gasteiger partial charge in [0.25, 0.3) is 0 Å². The average molecular weight is 245 g/mol. The number of hydrogen-bond donors (Lipinski definition) is 1. The molecule has 0 heterocycles. The van der Waals surface area contributed by atoms with E-state index in [9.17, 15) is 5.11 Å². The number of hydrogen-bond acceptors (Lipinski definition) is 1. The van der Waals surface area contributed by atoms with Gasteiger partial charge < -0.3 is 5.11 Å². The molecular weight excluding hydrogens is 231 g/mol. The second kappa shape index (κ2) is 4.73. The predicted octanol–water partition coefficient (Wildman–Crippen LogP) is 3.70. The van der Waals surface area contributed by atoms with Gasteiger partial charge in [-0.3, -0.25) is 0 Å². The minimum absolute atomic E-state index is 0.167. The summed E-state index contributed by atoms with van der Waals surface area (Å²) in [6, 6.07) is 5.51. The lowest BCUT2D eigenvalue weighted by Gasteiger charge is -2.15. The molecular formula is C12H14Cl2O. The van der Waals surface area contributed by atoms with Crippen molar-refractivity contribution in [2.75, 3.05) is 0 Å². The second-order valence-corrected chi connectivity index (χ2v) is 5.04. The van der Waals surface area contributed by atoms with Crippen LogP contribution in [0, 0.1) is 5.92 Å². The Hall–Kier alpha value is -0.240. The van der Waals surface area contributed by atoms with Crippen LogP contribution in [0.25, 0.3) is 0 Å². The fourth-order valence-corrected chi connectivity index (χ4v) is 2.63. The van der Waals surface area contributed by atoms with E-state index in [0.717, 1.165) is 36.3 Å². The molecule has 0 amide bonds. The van der Waals surface area contributed by atoms with Crippen LogP contribution in [-0.4, -0.2) is 11.2 Å². The monoisotopic (exact) mass is 244 g/mol. The predicted molar refractivity (Wildman–Crippen MR) is 63.5 cm³/mol. The van der Waals surface area contributed by atoms with Crippen molar-refractivity contribution in [1.82, 2.24) is 0 Å². The molecule has 1 aliphatic rings. The summed E-state index contributed by atoms with van der Waals surface area (Å²) in [6.07, 6.45) is 3.79. The molecule has 2 rings (SSSR count). The standard InChI is InChI=1S/C12H14Cl2O/c13-10-4-5-11(14)9(7-10)6-8-2-1-3-12(8)15/h4-5,7-8,12,15H,1-3,6H2. The minimum Gasteiger partial charge on any atom is -0.393 e. The third-order valence-corrected chi connectivity index (χ3v) is 3.71. The number of aliphatic hydroxyl groups excluding tert-OH is 1. The molecule has 82 valence electrons. The third kappa shape index (κ3) is 2.66. The van der Waals surface area contributed by atoms with E-state index >= 15 is 0 Å². The van der Waals surface area contributed by atoms with Crippen LogP contribution in [0.3, 0.4) is 0 Å². The zero-order valence-corrected chi connectivity index (χ0v) is 9.93. The fourth-order valence-electron chi connectivity index (χ4n) is 2.24. The maximum atomic E-state index is 9.73. The Morgan fingerprint density at radius 2 is 2.07 bits per heavy atom. The van der Waals surface area contributed by atoms with Crippen molar-refractivity contribution in [2.24, 2.45) is 5.92 Å². The fraction of sp³-hybridized carbons (Fsp3) is 0.500. The first kappa shape index (κ1) is 11.3. The summed E-state index contributed by atoms with van der Waals surface area (Å²) in [5, 5.41) is 11.2. The molecule has 1 aliphatic carbocycles. The Labute approximate surface area is 100 Å². The summed E-state index contributed by atoms with van der Waals surface area (Å²) in [7, 11) is 0. The Bertz CT molecular complexity index is 351. The van der Waals surface area contributed by atoms with E-state index in [1.807, 2.05) is 12.1 Å². The summed E-state index contributed by atoms with van der Waals surface area (Å²) >= 11 is 12.0. The van der Waals surface area contributed by atoms with Crippen molar-refractivity contribution in [3.8, 4) is 0 Å². The smallest absolute Gasteiger partial charge is 0.0571 e. The van der Waals surface area contributed by atoms with Gasteiger partial charge in [-0.05, 0) is 48.9 Å². The van der Waals surface area contributed by atoms with E-state index in [0.29, 0.717) is 10.9 Å². The molecule has 1 N–H and O–H groups in total. The van der Waals surface area contributed by atoms with Crippen molar-refractivity contribution in [1.29, 1.82) is 0 Å². The molecule has 0 aromatic heterocycles. The van der Waals surface area contributed by atoms with Crippen molar-refractivity contribution in [3.63, 3.8) is 0 Å². The van der Waals surface area contributed by atoms with Crippen LogP contribution in [0.4, 0.5) is 0 Å². The first-order valence-electron chi connectivity index (χ1n) is 5.29. The van der Waals surface area contributed by atoms with E-state index < -0.39 is 0 Å². The van der Waals surface area contributed by atoms with Gasteiger partial charge in [0.2, 0.25) is 0 Å². The Balaban J connectivity index is 2.12. The molecule has 1 aromatic carbocycles. The van der Waals surface area contributed by atoms with Crippen LogP contribution in [0.2, 0.25) is 10.0 Å². The topological polar surface area (TPSA) is 20.2 Å². The Morgan fingerprint density at radius 3 is 2.73 bits per heavy atom. The van der Waals surface area contributed by atoms with E-state index in [4.69, 9.17) is 23.2 Å². The van der Waals surface area contributed by atoms with Crippen LogP contribution in [0.5, 0.6) is 0 Å². The molecule has 2 unspecified atom stereocenters. The molecule has 0 bridgehead atoms. The lowest BCUT2D eigenvalue weighted by molar-refractivity contribution is 0.133. The maximum absolute atomic E-state index is 9.73. The lowest BCUT2D eigenvalue weighted by atomic mass is 9.96. The van der Waals surface area contributed by atoms with Gasteiger partial charge in [0, 0.05) is 10.0 Å². The highest BCUT2D eigenvalue weighted by Gasteiger charge is 2.25. The van der Waals surface area contributed by atoms with Crippen molar-refractivity contribution in [2.45, 2.75) is 31.8 Å². The van der Waals surface area contributed by atoms with Crippen LogP contribution in [0.1, 0.15) is 24.8 Å². The van der Waals surface area contributed by atoms with Crippen molar-refractivity contribution < 1.29 is 5.11 Å². The summed E-state index contributed by atoms with van der Waals surface area (Å²) in [6.45, 7) is 0. The quantitative estimate of drug-likeness (QED) is 0.842.